The second-order valence-corrected chi connectivity index (χ2v) is 40.8. The average molecular weight is 1820 g/mol. The molecule has 1 fully saturated rings. The molecule has 676 valence electrons. The van der Waals surface area contributed by atoms with E-state index in [1.165, 1.54) is 30.6 Å². The van der Waals surface area contributed by atoms with Crippen molar-refractivity contribution in [3.8, 4) is 45.0 Å². The maximum atomic E-state index is 13.8. The predicted octanol–water partition coefficient (Wildman–Crippen LogP) is 16.1. The van der Waals surface area contributed by atoms with Crippen LogP contribution in [0, 0.1) is 12.7 Å². The van der Waals surface area contributed by atoms with Gasteiger partial charge in [0, 0.05) is 112 Å². The van der Waals surface area contributed by atoms with Gasteiger partial charge in [-0.15, -0.1) is 0 Å². The number of anilines is 1. The molecule has 0 saturated carbocycles. The fourth-order valence-corrected chi connectivity index (χ4v) is 17.4. The molecule has 4 amide bonds. The normalized spacial score (nSPS) is 13.2. The minimum Gasteiger partial charge on any atom is -0.387 e. The van der Waals surface area contributed by atoms with E-state index < -0.39 is 78.2 Å². The number of halogens is 1. The number of carbonyl (C=O) groups is 4. The van der Waals surface area contributed by atoms with Crippen molar-refractivity contribution in [1.82, 2.24) is 80.7 Å². The van der Waals surface area contributed by atoms with E-state index in [-0.39, 0.29) is 69.8 Å². The number of aliphatic hydroxyl groups excluding tert-OH is 1. The number of aliphatic hydroxyl groups is 1. The highest BCUT2D eigenvalue weighted by molar-refractivity contribution is 7.92. The number of aromatic amines is 4. The molecule has 16 rings (SSSR count). The number of hydrogen-bond donors (Lipinski definition) is 9. The van der Waals surface area contributed by atoms with Gasteiger partial charge in [-0.2, -0.15) is 0 Å². The molecule has 0 spiro atoms. The molecule has 1 saturated heterocycles. The lowest BCUT2D eigenvalue weighted by Crippen LogP contribution is -2.31. The van der Waals surface area contributed by atoms with Crippen molar-refractivity contribution in [3.63, 3.8) is 0 Å². The maximum Gasteiger partial charge on any atom is 0.259 e. The summed E-state index contributed by atoms with van der Waals surface area (Å²) in [7, 11) is -13.4. The lowest BCUT2D eigenvalue weighted by atomic mass is 10.1. The van der Waals surface area contributed by atoms with E-state index in [0.29, 0.717) is 137 Å². The molecule has 0 aliphatic carbocycles. The van der Waals surface area contributed by atoms with Crippen molar-refractivity contribution in [3.05, 3.63) is 264 Å². The first-order valence-corrected chi connectivity index (χ1v) is 46.7. The second-order valence-electron chi connectivity index (χ2n) is 30.8. The molecular formula is C91H112FN17O14S4. The summed E-state index contributed by atoms with van der Waals surface area (Å²) in [5, 5.41) is 19.4. The maximum absolute atomic E-state index is 13.8. The van der Waals surface area contributed by atoms with Gasteiger partial charge in [-0.05, 0) is 159 Å². The Kier molecular flexibility index (Phi) is 28.3. The van der Waals surface area contributed by atoms with E-state index in [2.05, 4.69) is 86.1 Å². The van der Waals surface area contributed by atoms with Crippen molar-refractivity contribution < 1.29 is 81.3 Å². The number of amides is 4. The number of sulfone groups is 4. The Labute approximate surface area is 746 Å². The molecule has 1 aliphatic rings. The first-order valence-electron chi connectivity index (χ1n) is 40.6. The zero-order valence-corrected chi connectivity index (χ0v) is 73.8. The van der Waals surface area contributed by atoms with Crippen molar-refractivity contribution >= 4 is 113 Å². The Morgan fingerprint density at radius 1 is 0.457 bits per heavy atom. The van der Waals surface area contributed by atoms with E-state index >= 15 is 0 Å². The van der Waals surface area contributed by atoms with Gasteiger partial charge in [0.25, 0.3) is 23.6 Å². The van der Waals surface area contributed by atoms with Crippen LogP contribution >= 0.6 is 0 Å². The van der Waals surface area contributed by atoms with Gasteiger partial charge in [0.2, 0.25) is 0 Å². The highest BCUT2D eigenvalue weighted by atomic mass is 32.2. The Morgan fingerprint density at radius 2 is 0.819 bits per heavy atom. The Bertz CT molecular complexity index is 7050. The molecule has 31 nitrogen and oxygen atoms in total. The van der Waals surface area contributed by atoms with Crippen LogP contribution in [0.3, 0.4) is 0 Å². The minimum absolute atomic E-state index is 0. The number of hydrogen-bond acceptors (Lipinski definition) is 23. The van der Waals surface area contributed by atoms with Crippen LogP contribution in [0.1, 0.15) is 147 Å². The molecule has 127 heavy (non-hydrogen) atoms. The van der Waals surface area contributed by atoms with Crippen molar-refractivity contribution in [2.75, 3.05) is 31.6 Å². The van der Waals surface area contributed by atoms with Crippen LogP contribution in [0.25, 0.3) is 89.7 Å². The number of fused-ring (bicyclic) bond motifs is 4. The smallest absolute Gasteiger partial charge is 0.259 e. The third kappa shape index (κ3) is 21.2. The third-order valence-electron chi connectivity index (χ3n) is 20.9. The standard InChI is InChI=1S/C24H24N4O4S.C23H21FN4O3S.C23H23N5O3S.C21H24N4O4S.10H2/c1-15(2)33(31,32)18-10-8-16(9-11-18)20-13-26-23-22(28-20)19(12-25-23)24(30)27-14-21(29)17-6-4-3-5-7-17;1-13(2)32(30,31)17-8-5-15(6-9-17)20-12-26-22-21(28-20)18(11-25-22)23(29)27-16-7-4-14(3)19(24)10-16;1-15(2)32(30,31)18-8-6-16(7-9-18)20-14-27-22-21(28-20)19(13-26-22)23(29)25-12-10-17-5-3-4-11-24-17;1-13(2)30(27,28)16-7-5-14(6-8-16)18-12-23-20-19(25-18)17(11-22-20)21(26)24-10-15-4-3-9-29-15;;;;;;;;;;/h3-13,15,21,29H,14H2,1-2H3,(H,25,26)(H,27,30);4-13H,1-3H3,(H,25,26)(H,27,29);3-9,11,13-15H,10,12H2,1-2H3,(H,25,29)(H,26,27);5-8,11-13,15H,3-4,9-10H2,1-2H3,(H,22,23)(H,24,26);10*1H. The first kappa shape index (κ1) is 91.2. The highest BCUT2D eigenvalue weighted by Gasteiger charge is 2.27. The number of aryl methyl sites for hydroxylation is 1. The monoisotopic (exact) mass is 1810 g/mol. The quantitative estimate of drug-likeness (QED) is 0.0257. The van der Waals surface area contributed by atoms with Gasteiger partial charge in [0.15, 0.2) is 61.9 Å². The fourth-order valence-electron chi connectivity index (χ4n) is 13.2. The van der Waals surface area contributed by atoms with Crippen LogP contribution in [-0.2, 0) is 50.5 Å². The predicted molar refractivity (Wildman–Crippen MR) is 502 cm³/mol. The number of nitrogens with one attached hydrogen (secondary N) is 8. The van der Waals surface area contributed by atoms with Gasteiger partial charge in [0.05, 0.1) is 123 Å². The molecule has 36 heteroatoms. The molecule has 2 unspecified atom stereocenters. The van der Waals surface area contributed by atoms with Crippen molar-refractivity contribution in [2.24, 2.45) is 0 Å². The zero-order valence-electron chi connectivity index (χ0n) is 70.5. The summed E-state index contributed by atoms with van der Waals surface area (Å²) in [5.41, 5.74) is 12.2. The molecule has 6 aromatic carbocycles. The number of H-pyrrole nitrogens is 4. The summed E-state index contributed by atoms with van der Waals surface area (Å²) in [4.78, 5) is 104. The number of carbonyl (C=O) groups excluding carboxylic acids is 4. The van der Waals surface area contributed by atoms with Gasteiger partial charge in [-0.25, -0.2) is 77.9 Å². The minimum atomic E-state index is -3.38. The number of pyridine rings is 1. The first-order chi connectivity index (χ1) is 60.6. The zero-order chi connectivity index (χ0) is 90.7. The van der Waals surface area contributed by atoms with Gasteiger partial charge < -0.3 is 51.0 Å². The van der Waals surface area contributed by atoms with E-state index in [1.807, 2.05) is 36.4 Å². The number of aromatic nitrogens is 13. The molecular weight excluding hydrogens is 1700 g/mol. The largest absolute Gasteiger partial charge is 0.387 e. The Balaban J connectivity index is 0.000000459. The van der Waals surface area contributed by atoms with E-state index in [0.717, 1.165) is 30.7 Å². The lowest BCUT2D eigenvalue weighted by Gasteiger charge is -2.12. The van der Waals surface area contributed by atoms with Crippen LogP contribution in [-0.4, -0.2) is 181 Å². The molecule has 0 bridgehead atoms. The lowest BCUT2D eigenvalue weighted by molar-refractivity contribution is 0.0858. The van der Waals surface area contributed by atoms with E-state index in [1.54, 1.807) is 215 Å². The molecule has 1 aliphatic heterocycles. The van der Waals surface area contributed by atoms with Gasteiger partial charge in [0.1, 0.15) is 27.9 Å². The number of nitrogens with zero attached hydrogens (tertiary/aromatic N) is 9. The summed E-state index contributed by atoms with van der Waals surface area (Å²) in [6.45, 7) is 16.5. The Morgan fingerprint density at radius 3 is 1.17 bits per heavy atom. The fraction of sp³-hybridized carbons (Fsp3) is 0.242. The summed E-state index contributed by atoms with van der Waals surface area (Å²) >= 11 is 0. The summed E-state index contributed by atoms with van der Waals surface area (Å²) in [5.74, 6) is -1.74. The van der Waals surface area contributed by atoms with Crippen LogP contribution in [0.4, 0.5) is 10.1 Å². The third-order valence-corrected chi connectivity index (χ3v) is 29.6. The van der Waals surface area contributed by atoms with Gasteiger partial charge in [-0.3, -0.25) is 24.2 Å². The van der Waals surface area contributed by atoms with Crippen molar-refractivity contribution in [1.29, 1.82) is 0 Å². The van der Waals surface area contributed by atoms with Gasteiger partial charge >= 0.3 is 0 Å². The van der Waals surface area contributed by atoms with E-state index in [4.69, 9.17) is 4.74 Å². The molecule has 9 aromatic heterocycles. The summed E-state index contributed by atoms with van der Waals surface area (Å²) in [6.07, 6.45) is 16.0. The average Bonchev–Trinajstić information content (AvgIpc) is 1.68. The van der Waals surface area contributed by atoms with Crippen LogP contribution in [0.2, 0.25) is 0 Å². The van der Waals surface area contributed by atoms with Gasteiger partial charge in [-0.1, -0.05) is 91.0 Å². The van der Waals surface area contributed by atoms with E-state index in [9.17, 15) is 62.3 Å². The SMILES string of the molecule is CC(C)S(=O)(=O)c1ccc(-c2cnc3[nH]cc(C(=O)NCC(O)c4ccccc4)c3n2)cc1.CC(C)S(=O)(=O)c1ccc(-c2cnc3[nH]cc(C(=O)NCC4CCCO4)c3n2)cc1.CC(C)S(=O)(=O)c1ccc(-c2cnc3[nH]cc(C(=O)NCCc4ccccn4)c3n2)cc1.Cc1ccc(NC(=O)c2c[nH]c3ncc(-c4ccc(S(=O)(=O)C(C)C)cc4)nc23)cc1F.[HH].[HH].[HH].[HH].[HH].[HH].[HH].[HH].[HH].[HH]. The molecule has 15 aromatic rings. The van der Waals surface area contributed by atoms with Crippen LogP contribution in [0.5, 0.6) is 0 Å². The van der Waals surface area contributed by atoms with Crippen LogP contribution in [0.15, 0.2) is 239 Å². The summed E-state index contributed by atoms with van der Waals surface area (Å²) in [6, 6.07) is 45.1. The van der Waals surface area contributed by atoms with Crippen LogP contribution < -0.4 is 21.3 Å². The topological polar surface area (TPSA) is 462 Å². The highest BCUT2D eigenvalue weighted by Crippen LogP contribution is 2.31. The summed E-state index contributed by atoms with van der Waals surface area (Å²) < 4.78 is 118. The second kappa shape index (κ2) is 39.3. The molecule has 2 atom stereocenters. The molecule has 9 N–H and O–H groups in total. The number of rotatable bonds is 25. The molecule has 10 heterocycles. The number of ether oxygens (including phenoxy) is 1. The molecule has 0 radical (unpaired) electrons. The van der Waals surface area contributed by atoms with Crippen molar-refractivity contribution in [2.45, 2.75) is 134 Å². The number of benzene rings is 6. The Hall–Kier alpha value is -13.5.